The smallest absolute Gasteiger partial charge is 0.255 e. The summed E-state index contributed by atoms with van der Waals surface area (Å²) in [5.41, 5.74) is 3.70. The van der Waals surface area contributed by atoms with Crippen molar-refractivity contribution >= 4 is 22.9 Å². The summed E-state index contributed by atoms with van der Waals surface area (Å²) in [6.45, 7) is 4.10. The summed E-state index contributed by atoms with van der Waals surface area (Å²) >= 11 is 1.63. The average molecular weight is 311 g/mol. The van der Waals surface area contributed by atoms with Crippen LogP contribution in [0.2, 0.25) is 0 Å². The zero-order chi connectivity index (χ0) is 15.5. The van der Waals surface area contributed by atoms with E-state index in [1.807, 2.05) is 43.3 Å². The molecule has 3 aromatic rings. The zero-order valence-corrected chi connectivity index (χ0v) is 13.3. The number of H-pyrrole nitrogens is 1. The second kappa shape index (κ2) is 6.15. The molecule has 2 N–H and O–H groups in total. The van der Waals surface area contributed by atoms with Crippen molar-refractivity contribution < 1.29 is 4.79 Å². The number of benzene rings is 1. The van der Waals surface area contributed by atoms with Crippen LogP contribution in [-0.2, 0) is 6.42 Å². The summed E-state index contributed by atoms with van der Waals surface area (Å²) in [6.07, 6.45) is 2.69. The lowest BCUT2D eigenvalue weighted by molar-refractivity contribution is 0.102. The summed E-state index contributed by atoms with van der Waals surface area (Å²) < 4.78 is 0. The SMILES string of the molecule is CCc1ccc(C(=O)Nc2cc(-c3ccn[nH]3)sc2C)cc1. The zero-order valence-electron chi connectivity index (χ0n) is 12.5. The van der Waals surface area contributed by atoms with Crippen LogP contribution in [0.3, 0.4) is 0 Å². The summed E-state index contributed by atoms with van der Waals surface area (Å²) in [6, 6.07) is 11.6. The number of rotatable bonds is 4. The van der Waals surface area contributed by atoms with Crippen LogP contribution in [0.25, 0.3) is 10.6 Å². The van der Waals surface area contributed by atoms with E-state index < -0.39 is 0 Å². The Morgan fingerprint density at radius 1 is 1.27 bits per heavy atom. The molecular formula is C17H17N3OS. The number of hydrogen-bond acceptors (Lipinski definition) is 3. The molecule has 0 radical (unpaired) electrons. The molecule has 0 spiro atoms. The summed E-state index contributed by atoms with van der Waals surface area (Å²) in [7, 11) is 0. The van der Waals surface area contributed by atoms with E-state index in [9.17, 15) is 4.79 Å². The number of carbonyl (C=O) groups excluding carboxylic acids is 1. The van der Waals surface area contributed by atoms with Crippen LogP contribution in [0, 0.1) is 6.92 Å². The number of anilines is 1. The fourth-order valence-corrected chi connectivity index (χ4v) is 3.17. The summed E-state index contributed by atoms with van der Waals surface area (Å²) in [4.78, 5) is 14.5. The van der Waals surface area contributed by atoms with Gasteiger partial charge in [-0.2, -0.15) is 5.10 Å². The third-order valence-corrected chi connectivity index (χ3v) is 4.64. The van der Waals surface area contributed by atoms with Gasteiger partial charge >= 0.3 is 0 Å². The Kier molecular flexibility index (Phi) is 4.06. The monoisotopic (exact) mass is 311 g/mol. The van der Waals surface area contributed by atoms with Gasteiger partial charge in [0.15, 0.2) is 0 Å². The van der Waals surface area contributed by atoms with Crippen molar-refractivity contribution in [2.45, 2.75) is 20.3 Å². The molecule has 0 aliphatic carbocycles. The van der Waals surface area contributed by atoms with Crippen LogP contribution in [0.4, 0.5) is 5.69 Å². The molecule has 0 fully saturated rings. The number of amides is 1. The first-order valence-corrected chi connectivity index (χ1v) is 7.99. The minimum Gasteiger partial charge on any atom is -0.321 e. The Hall–Kier alpha value is -2.40. The van der Waals surface area contributed by atoms with Gasteiger partial charge in [0, 0.05) is 16.6 Å². The molecule has 1 aromatic carbocycles. The largest absolute Gasteiger partial charge is 0.321 e. The molecule has 0 saturated carbocycles. The van der Waals surface area contributed by atoms with Crippen molar-refractivity contribution in [1.82, 2.24) is 10.2 Å². The highest BCUT2D eigenvalue weighted by atomic mass is 32.1. The maximum Gasteiger partial charge on any atom is 0.255 e. The van der Waals surface area contributed by atoms with E-state index in [4.69, 9.17) is 0 Å². The Balaban J connectivity index is 1.79. The molecule has 0 saturated heterocycles. The molecule has 22 heavy (non-hydrogen) atoms. The van der Waals surface area contributed by atoms with Gasteiger partial charge in [0.25, 0.3) is 5.91 Å². The second-order valence-corrected chi connectivity index (χ2v) is 6.31. The number of aryl methyl sites for hydroxylation is 2. The molecule has 0 aliphatic rings. The number of aromatic amines is 1. The lowest BCUT2D eigenvalue weighted by Crippen LogP contribution is -2.11. The summed E-state index contributed by atoms with van der Waals surface area (Å²) in [5.74, 6) is -0.0836. The van der Waals surface area contributed by atoms with Gasteiger partial charge in [0.1, 0.15) is 0 Å². The summed E-state index contributed by atoms with van der Waals surface area (Å²) in [5, 5.41) is 9.88. The van der Waals surface area contributed by atoms with E-state index in [0.717, 1.165) is 27.6 Å². The van der Waals surface area contributed by atoms with Crippen LogP contribution in [0.5, 0.6) is 0 Å². The van der Waals surface area contributed by atoms with Crippen LogP contribution in [0.1, 0.15) is 27.7 Å². The Morgan fingerprint density at radius 3 is 2.68 bits per heavy atom. The van der Waals surface area contributed by atoms with E-state index in [-0.39, 0.29) is 5.91 Å². The van der Waals surface area contributed by atoms with Crippen molar-refractivity contribution in [2.75, 3.05) is 5.32 Å². The number of thiophene rings is 1. The second-order valence-electron chi connectivity index (χ2n) is 5.06. The lowest BCUT2D eigenvalue weighted by Gasteiger charge is -2.05. The molecular weight excluding hydrogens is 294 g/mol. The Bertz CT molecular complexity index is 773. The molecule has 1 amide bonds. The maximum atomic E-state index is 12.3. The Morgan fingerprint density at radius 2 is 2.05 bits per heavy atom. The average Bonchev–Trinajstić information content (AvgIpc) is 3.18. The number of nitrogens with zero attached hydrogens (tertiary/aromatic N) is 1. The first-order valence-electron chi connectivity index (χ1n) is 7.18. The molecule has 0 bridgehead atoms. The molecule has 4 nitrogen and oxygen atoms in total. The van der Waals surface area contributed by atoms with Gasteiger partial charge in [-0.1, -0.05) is 19.1 Å². The van der Waals surface area contributed by atoms with Gasteiger partial charge in [-0.15, -0.1) is 11.3 Å². The topological polar surface area (TPSA) is 57.8 Å². The van der Waals surface area contributed by atoms with Gasteiger partial charge in [0.2, 0.25) is 0 Å². The van der Waals surface area contributed by atoms with Gasteiger partial charge in [-0.25, -0.2) is 0 Å². The third kappa shape index (κ3) is 2.94. The highest BCUT2D eigenvalue weighted by molar-refractivity contribution is 7.16. The molecule has 0 unspecified atom stereocenters. The van der Waals surface area contributed by atoms with Crippen molar-refractivity contribution in [1.29, 1.82) is 0 Å². The van der Waals surface area contributed by atoms with E-state index in [1.54, 1.807) is 17.5 Å². The molecule has 0 atom stereocenters. The first-order chi connectivity index (χ1) is 10.7. The number of nitrogens with one attached hydrogen (secondary N) is 2. The molecule has 0 aliphatic heterocycles. The standard InChI is InChI=1S/C17H17N3OS/c1-3-12-4-6-13(7-5-12)17(21)19-15-10-16(22-11(15)2)14-8-9-18-20-14/h4-10H,3H2,1-2H3,(H,18,20)(H,19,21). The van der Waals surface area contributed by atoms with Crippen molar-refractivity contribution in [3.8, 4) is 10.6 Å². The fraction of sp³-hybridized carbons (Fsp3) is 0.176. The number of hydrogen-bond donors (Lipinski definition) is 2. The van der Waals surface area contributed by atoms with Gasteiger partial charge < -0.3 is 5.32 Å². The highest BCUT2D eigenvalue weighted by Crippen LogP contribution is 2.33. The third-order valence-electron chi connectivity index (χ3n) is 3.56. The van der Waals surface area contributed by atoms with Crippen LogP contribution < -0.4 is 5.32 Å². The maximum absolute atomic E-state index is 12.3. The normalized spacial score (nSPS) is 10.6. The predicted molar refractivity (Wildman–Crippen MR) is 90.4 cm³/mol. The fourth-order valence-electron chi connectivity index (χ4n) is 2.22. The van der Waals surface area contributed by atoms with E-state index in [2.05, 4.69) is 22.4 Å². The predicted octanol–water partition coefficient (Wildman–Crippen LogP) is 4.26. The Labute approximate surface area is 133 Å². The van der Waals surface area contributed by atoms with Gasteiger partial charge in [-0.05, 0) is 43.2 Å². The molecule has 2 aromatic heterocycles. The minimum absolute atomic E-state index is 0.0836. The van der Waals surface area contributed by atoms with Gasteiger partial charge in [-0.3, -0.25) is 9.89 Å². The van der Waals surface area contributed by atoms with Gasteiger partial charge in [0.05, 0.1) is 16.3 Å². The number of carbonyl (C=O) groups is 1. The quantitative estimate of drug-likeness (QED) is 0.756. The van der Waals surface area contributed by atoms with Crippen molar-refractivity contribution in [3.05, 3.63) is 58.6 Å². The van der Waals surface area contributed by atoms with Crippen LogP contribution >= 0.6 is 11.3 Å². The molecule has 5 heteroatoms. The highest BCUT2D eigenvalue weighted by Gasteiger charge is 2.12. The molecule has 3 rings (SSSR count). The lowest BCUT2D eigenvalue weighted by atomic mass is 10.1. The van der Waals surface area contributed by atoms with Crippen molar-refractivity contribution in [3.63, 3.8) is 0 Å². The number of aromatic nitrogens is 2. The molecule has 2 heterocycles. The van der Waals surface area contributed by atoms with Crippen molar-refractivity contribution in [2.24, 2.45) is 0 Å². The van der Waals surface area contributed by atoms with E-state index in [0.29, 0.717) is 5.56 Å². The first kappa shape index (κ1) is 14.5. The van der Waals surface area contributed by atoms with E-state index in [1.165, 1.54) is 5.56 Å². The van der Waals surface area contributed by atoms with Crippen LogP contribution in [0.15, 0.2) is 42.6 Å². The van der Waals surface area contributed by atoms with Crippen LogP contribution in [-0.4, -0.2) is 16.1 Å². The molecule has 112 valence electrons. The van der Waals surface area contributed by atoms with E-state index >= 15 is 0 Å². The minimum atomic E-state index is -0.0836.